The first-order valence-electron chi connectivity index (χ1n) is 8.32. The van der Waals surface area contributed by atoms with Gasteiger partial charge in [-0.1, -0.05) is 22.0 Å². The zero-order chi connectivity index (χ0) is 16.4. The van der Waals surface area contributed by atoms with Crippen LogP contribution in [0.4, 0.5) is 0 Å². The average molecular weight is 394 g/mol. The fourth-order valence-electron chi connectivity index (χ4n) is 3.28. The summed E-state index contributed by atoms with van der Waals surface area (Å²) in [5.41, 5.74) is 0.928. The number of ether oxygens (including phenoxy) is 2. The lowest BCUT2D eigenvalue weighted by Gasteiger charge is -2.32. The third kappa shape index (κ3) is 3.69. The summed E-state index contributed by atoms with van der Waals surface area (Å²) in [4.78, 5) is 2.35. The molecule has 0 unspecified atom stereocenters. The summed E-state index contributed by atoms with van der Waals surface area (Å²) in [6.45, 7) is 4.15. The minimum absolute atomic E-state index is 0.00122. The topological polar surface area (TPSA) is 60.6 Å². The standard InChI is InChI=1S/C17H20BrN3O3/c18-14-3-1-2-13(10-14)16-20-19-15(24-16)11-21-6-4-12(5-7-21)17-22-8-9-23-17/h1-3,10,12,17H,4-9,11H2. The maximum absolute atomic E-state index is 5.82. The Bertz CT molecular complexity index is 679. The Morgan fingerprint density at radius 1 is 1.12 bits per heavy atom. The largest absolute Gasteiger partial charge is 0.419 e. The molecule has 1 aromatic heterocycles. The van der Waals surface area contributed by atoms with Gasteiger partial charge in [0.25, 0.3) is 0 Å². The fourth-order valence-corrected chi connectivity index (χ4v) is 3.68. The molecule has 0 amide bonds. The summed E-state index contributed by atoms with van der Waals surface area (Å²) in [6.07, 6.45) is 2.16. The van der Waals surface area contributed by atoms with E-state index in [0.717, 1.165) is 49.2 Å². The third-order valence-corrected chi connectivity index (χ3v) is 5.06. The average Bonchev–Trinajstić information content (AvgIpc) is 3.27. The Kier molecular flexibility index (Phi) is 4.93. The van der Waals surface area contributed by atoms with Gasteiger partial charge in [-0.3, -0.25) is 4.90 Å². The van der Waals surface area contributed by atoms with E-state index < -0.39 is 0 Å². The second kappa shape index (κ2) is 7.31. The fraction of sp³-hybridized carbons (Fsp3) is 0.529. The van der Waals surface area contributed by atoms with Gasteiger partial charge >= 0.3 is 0 Å². The lowest BCUT2D eigenvalue weighted by Crippen LogP contribution is -2.37. The molecule has 0 saturated carbocycles. The Labute approximate surface area is 149 Å². The number of halogens is 1. The van der Waals surface area contributed by atoms with Gasteiger partial charge in [-0.15, -0.1) is 10.2 Å². The number of nitrogens with zero attached hydrogens (tertiary/aromatic N) is 3. The molecule has 2 fully saturated rings. The molecule has 0 atom stereocenters. The maximum atomic E-state index is 5.82. The summed E-state index contributed by atoms with van der Waals surface area (Å²) in [6, 6.07) is 7.88. The summed E-state index contributed by atoms with van der Waals surface area (Å²) < 4.78 is 18.1. The highest BCUT2D eigenvalue weighted by molar-refractivity contribution is 9.10. The molecule has 2 aliphatic rings. The lowest BCUT2D eigenvalue weighted by molar-refractivity contribution is -0.0980. The molecule has 2 aromatic rings. The zero-order valence-electron chi connectivity index (χ0n) is 13.4. The van der Waals surface area contributed by atoms with Crippen LogP contribution in [0.5, 0.6) is 0 Å². The van der Waals surface area contributed by atoms with Crippen LogP contribution in [-0.4, -0.2) is 47.7 Å². The van der Waals surface area contributed by atoms with Gasteiger partial charge in [0.1, 0.15) is 0 Å². The van der Waals surface area contributed by atoms with Crippen molar-refractivity contribution >= 4 is 15.9 Å². The van der Waals surface area contributed by atoms with Crippen molar-refractivity contribution in [3.63, 3.8) is 0 Å². The monoisotopic (exact) mass is 393 g/mol. The zero-order valence-corrected chi connectivity index (χ0v) is 14.9. The van der Waals surface area contributed by atoms with Gasteiger partial charge in [-0.25, -0.2) is 0 Å². The highest BCUT2D eigenvalue weighted by Crippen LogP contribution is 2.27. The molecule has 0 N–H and O–H groups in total. The molecular formula is C17H20BrN3O3. The van der Waals surface area contributed by atoms with Gasteiger partial charge < -0.3 is 13.9 Å². The van der Waals surface area contributed by atoms with Crippen LogP contribution in [0.25, 0.3) is 11.5 Å². The van der Waals surface area contributed by atoms with E-state index in [1.807, 2.05) is 24.3 Å². The Balaban J connectivity index is 1.33. The molecule has 7 heteroatoms. The first kappa shape index (κ1) is 16.2. The van der Waals surface area contributed by atoms with Gasteiger partial charge in [-0.05, 0) is 44.1 Å². The SMILES string of the molecule is Brc1cccc(-c2nnc(CN3CCC(C4OCCO4)CC3)o2)c1. The van der Waals surface area contributed by atoms with E-state index in [9.17, 15) is 0 Å². The Morgan fingerprint density at radius 2 is 1.92 bits per heavy atom. The molecule has 0 aliphatic carbocycles. The molecule has 128 valence electrons. The molecule has 4 rings (SSSR count). The molecule has 3 heterocycles. The molecule has 2 saturated heterocycles. The molecule has 2 aliphatic heterocycles. The number of hydrogen-bond donors (Lipinski definition) is 0. The second-order valence-corrected chi connectivity index (χ2v) is 7.15. The molecular weight excluding hydrogens is 374 g/mol. The highest BCUT2D eigenvalue weighted by Gasteiger charge is 2.30. The van der Waals surface area contributed by atoms with E-state index in [1.165, 1.54) is 0 Å². The predicted molar refractivity (Wildman–Crippen MR) is 91.1 cm³/mol. The van der Waals surface area contributed by atoms with Crippen molar-refractivity contribution in [2.75, 3.05) is 26.3 Å². The number of rotatable bonds is 4. The van der Waals surface area contributed by atoms with Gasteiger partial charge in [0.2, 0.25) is 11.8 Å². The van der Waals surface area contributed by atoms with Crippen LogP contribution >= 0.6 is 15.9 Å². The van der Waals surface area contributed by atoms with Crippen LogP contribution in [0.3, 0.4) is 0 Å². The number of hydrogen-bond acceptors (Lipinski definition) is 6. The van der Waals surface area contributed by atoms with Crippen LogP contribution in [0.1, 0.15) is 18.7 Å². The number of benzene rings is 1. The minimum atomic E-state index is -0.00122. The first-order chi connectivity index (χ1) is 11.8. The second-order valence-electron chi connectivity index (χ2n) is 6.23. The van der Waals surface area contributed by atoms with Crippen LogP contribution in [0.2, 0.25) is 0 Å². The van der Waals surface area contributed by atoms with Crippen molar-refractivity contribution in [2.24, 2.45) is 5.92 Å². The molecule has 0 radical (unpaired) electrons. The summed E-state index contributed by atoms with van der Waals surface area (Å²) in [7, 11) is 0. The molecule has 1 aromatic carbocycles. The van der Waals surface area contributed by atoms with Crippen LogP contribution in [-0.2, 0) is 16.0 Å². The predicted octanol–water partition coefficient (Wildman–Crippen LogP) is 3.08. The molecule has 0 bridgehead atoms. The number of likely N-dealkylation sites (tertiary alicyclic amines) is 1. The van der Waals surface area contributed by atoms with E-state index in [0.29, 0.717) is 24.2 Å². The quantitative estimate of drug-likeness (QED) is 0.795. The van der Waals surface area contributed by atoms with Gasteiger partial charge in [0, 0.05) is 16.0 Å². The van der Waals surface area contributed by atoms with Gasteiger partial charge in [-0.2, -0.15) is 0 Å². The number of aromatic nitrogens is 2. The number of piperidine rings is 1. The van der Waals surface area contributed by atoms with Gasteiger partial charge in [0.15, 0.2) is 6.29 Å². The van der Waals surface area contributed by atoms with Crippen molar-refractivity contribution < 1.29 is 13.9 Å². The molecule has 0 spiro atoms. The Morgan fingerprint density at radius 3 is 2.67 bits per heavy atom. The smallest absolute Gasteiger partial charge is 0.247 e. The Hall–Kier alpha value is -1.28. The summed E-state index contributed by atoms with van der Waals surface area (Å²) >= 11 is 3.46. The van der Waals surface area contributed by atoms with Crippen molar-refractivity contribution in [2.45, 2.75) is 25.7 Å². The van der Waals surface area contributed by atoms with E-state index in [-0.39, 0.29) is 6.29 Å². The van der Waals surface area contributed by atoms with Crippen molar-refractivity contribution in [1.29, 1.82) is 0 Å². The van der Waals surface area contributed by atoms with Crippen LogP contribution in [0.15, 0.2) is 33.2 Å². The summed E-state index contributed by atoms with van der Waals surface area (Å²) in [5.74, 6) is 1.73. The van der Waals surface area contributed by atoms with E-state index in [2.05, 4.69) is 31.0 Å². The van der Waals surface area contributed by atoms with Crippen molar-refractivity contribution in [1.82, 2.24) is 15.1 Å². The normalized spacial score (nSPS) is 20.7. The van der Waals surface area contributed by atoms with E-state index >= 15 is 0 Å². The highest BCUT2D eigenvalue weighted by atomic mass is 79.9. The third-order valence-electron chi connectivity index (χ3n) is 4.56. The maximum Gasteiger partial charge on any atom is 0.247 e. The summed E-state index contributed by atoms with van der Waals surface area (Å²) in [5, 5.41) is 8.36. The molecule has 6 nitrogen and oxygen atoms in total. The minimum Gasteiger partial charge on any atom is -0.419 e. The van der Waals surface area contributed by atoms with Crippen molar-refractivity contribution in [3.8, 4) is 11.5 Å². The van der Waals surface area contributed by atoms with Crippen LogP contribution < -0.4 is 0 Å². The van der Waals surface area contributed by atoms with Crippen molar-refractivity contribution in [3.05, 3.63) is 34.6 Å². The lowest BCUT2D eigenvalue weighted by atomic mass is 9.96. The van der Waals surface area contributed by atoms with E-state index in [4.69, 9.17) is 13.9 Å². The first-order valence-corrected chi connectivity index (χ1v) is 9.11. The molecule has 24 heavy (non-hydrogen) atoms. The van der Waals surface area contributed by atoms with E-state index in [1.54, 1.807) is 0 Å². The van der Waals surface area contributed by atoms with Gasteiger partial charge in [0.05, 0.1) is 19.8 Å². The van der Waals surface area contributed by atoms with Crippen LogP contribution in [0, 0.1) is 5.92 Å².